The molecule has 0 saturated heterocycles. The monoisotopic (exact) mass is 261 g/mol. The molecule has 1 aliphatic rings. The second kappa shape index (κ2) is 5.84. The van der Waals surface area contributed by atoms with Crippen LogP contribution in [0.25, 0.3) is 0 Å². The first-order valence-corrected chi connectivity index (χ1v) is 6.50. The number of nitrogens with two attached hydrogens (primary N) is 1. The molecule has 0 unspecified atom stereocenters. The van der Waals surface area contributed by atoms with E-state index in [9.17, 15) is 9.90 Å². The van der Waals surface area contributed by atoms with Crippen molar-refractivity contribution < 1.29 is 9.90 Å². The highest BCUT2D eigenvalue weighted by Gasteiger charge is 2.28. The number of phenols is 1. The minimum Gasteiger partial charge on any atom is -0.507 e. The van der Waals surface area contributed by atoms with Gasteiger partial charge in [-0.25, -0.2) is 5.84 Å². The summed E-state index contributed by atoms with van der Waals surface area (Å²) in [4.78, 5) is 11.4. The molecule has 5 heteroatoms. The Labute approximate surface area is 112 Å². The molecule has 0 aliphatic heterocycles. The van der Waals surface area contributed by atoms with E-state index in [4.69, 9.17) is 11.3 Å². The van der Waals surface area contributed by atoms with Crippen LogP contribution in [0.3, 0.4) is 0 Å². The number of rotatable bonds is 3. The molecule has 19 heavy (non-hydrogen) atoms. The Morgan fingerprint density at radius 2 is 1.79 bits per heavy atom. The Kier molecular flexibility index (Phi) is 4.16. The average Bonchev–Trinajstić information content (AvgIpc) is 2.46. The number of phenolic OH excluding ortho intramolecular Hbond substituents is 1. The molecule has 0 heterocycles. The third kappa shape index (κ3) is 2.93. The summed E-state index contributed by atoms with van der Waals surface area (Å²) in [5.41, 5.74) is 3.24. The van der Waals surface area contributed by atoms with E-state index < -0.39 is 0 Å². The molecule has 0 atom stereocenters. The van der Waals surface area contributed by atoms with E-state index in [0.717, 1.165) is 25.7 Å². The number of hydrazine groups is 1. The number of amides is 1. The lowest BCUT2D eigenvalue weighted by molar-refractivity contribution is -0.126. The zero-order valence-corrected chi connectivity index (χ0v) is 10.7. The molecule has 1 saturated carbocycles. The van der Waals surface area contributed by atoms with Gasteiger partial charge in [0.25, 0.3) is 0 Å². The normalized spacial score (nSPS) is 22.8. The van der Waals surface area contributed by atoms with Crippen LogP contribution in [0.5, 0.6) is 5.75 Å². The molecule has 1 fully saturated rings. The second-order valence-corrected chi connectivity index (χ2v) is 4.99. The molecule has 1 aliphatic carbocycles. The molecule has 1 aromatic rings. The van der Waals surface area contributed by atoms with Crippen LogP contribution in [0.2, 0.25) is 0 Å². The smallest absolute Gasteiger partial charge is 0.236 e. The molecule has 0 radical (unpaired) electrons. The quantitative estimate of drug-likeness (QED) is 0.287. The summed E-state index contributed by atoms with van der Waals surface area (Å²) in [6.45, 7) is 0. The Hall–Kier alpha value is -1.88. The van der Waals surface area contributed by atoms with Gasteiger partial charge in [-0.15, -0.1) is 0 Å². The lowest BCUT2D eigenvalue weighted by Crippen LogP contribution is -2.38. The zero-order chi connectivity index (χ0) is 13.8. The van der Waals surface area contributed by atoms with E-state index in [0.29, 0.717) is 11.3 Å². The number of hydrogen-bond donors (Lipinski definition) is 4. The van der Waals surface area contributed by atoms with Gasteiger partial charge < -0.3 is 10.5 Å². The summed E-state index contributed by atoms with van der Waals surface area (Å²) in [6, 6.07) is 6.92. The van der Waals surface area contributed by atoms with Crippen molar-refractivity contribution in [2.75, 3.05) is 0 Å². The van der Waals surface area contributed by atoms with Crippen LogP contribution < -0.4 is 11.3 Å². The predicted octanol–water partition coefficient (Wildman–Crippen LogP) is 1.56. The van der Waals surface area contributed by atoms with Crippen LogP contribution in [-0.4, -0.2) is 16.7 Å². The van der Waals surface area contributed by atoms with Crippen molar-refractivity contribution in [2.24, 2.45) is 17.7 Å². The maximum Gasteiger partial charge on any atom is 0.236 e. The zero-order valence-electron chi connectivity index (χ0n) is 10.7. The summed E-state index contributed by atoms with van der Waals surface area (Å²) in [7, 11) is 0. The van der Waals surface area contributed by atoms with E-state index >= 15 is 0 Å². The van der Waals surface area contributed by atoms with Gasteiger partial charge in [0.05, 0.1) is 0 Å². The fraction of sp³-hybridized carbons (Fsp3) is 0.429. The van der Waals surface area contributed by atoms with Crippen molar-refractivity contribution in [3.05, 3.63) is 29.8 Å². The SMILES string of the molecule is N=C(c1ccccc1O)[C@H]1CC[C@H](C(=O)NN)CC1. The van der Waals surface area contributed by atoms with Crippen molar-refractivity contribution in [2.45, 2.75) is 25.7 Å². The van der Waals surface area contributed by atoms with Gasteiger partial charge in [0.2, 0.25) is 5.91 Å². The minimum atomic E-state index is -0.118. The van der Waals surface area contributed by atoms with Crippen molar-refractivity contribution in [1.82, 2.24) is 5.43 Å². The third-order valence-corrected chi connectivity index (χ3v) is 3.84. The molecule has 0 bridgehead atoms. The van der Waals surface area contributed by atoms with Crippen LogP contribution in [0.1, 0.15) is 31.2 Å². The van der Waals surface area contributed by atoms with Crippen LogP contribution >= 0.6 is 0 Å². The fourth-order valence-corrected chi connectivity index (χ4v) is 2.68. The van der Waals surface area contributed by atoms with Crippen LogP contribution in [0, 0.1) is 17.2 Å². The maximum atomic E-state index is 11.4. The van der Waals surface area contributed by atoms with E-state index in [1.54, 1.807) is 18.2 Å². The lowest BCUT2D eigenvalue weighted by Gasteiger charge is -2.28. The molecular formula is C14H19N3O2. The lowest BCUT2D eigenvalue weighted by atomic mass is 9.78. The molecule has 0 spiro atoms. The summed E-state index contributed by atoms with van der Waals surface area (Å²) in [6.07, 6.45) is 3.05. The minimum absolute atomic E-state index is 0.0431. The van der Waals surface area contributed by atoms with Gasteiger partial charge in [0.15, 0.2) is 0 Å². The van der Waals surface area contributed by atoms with Crippen molar-refractivity contribution in [1.29, 1.82) is 5.41 Å². The molecular weight excluding hydrogens is 242 g/mol. The molecule has 1 amide bonds. The molecule has 5 nitrogen and oxygen atoms in total. The number of aromatic hydroxyl groups is 1. The Bertz CT molecular complexity index is 479. The summed E-state index contributed by atoms with van der Waals surface area (Å²) in [5, 5.41) is 18.0. The van der Waals surface area contributed by atoms with Gasteiger partial charge in [0.1, 0.15) is 5.75 Å². The van der Waals surface area contributed by atoms with Gasteiger partial charge in [0, 0.05) is 23.1 Å². The van der Waals surface area contributed by atoms with Crippen LogP contribution in [-0.2, 0) is 4.79 Å². The largest absolute Gasteiger partial charge is 0.507 e. The van der Waals surface area contributed by atoms with Gasteiger partial charge in [-0.05, 0) is 37.8 Å². The summed E-state index contributed by atoms with van der Waals surface area (Å²) >= 11 is 0. The van der Waals surface area contributed by atoms with Crippen molar-refractivity contribution >= 4 is 11.6 Å². The molecule has 0 aromatic heterocycles. The summed E-state index contributed by atoms with van der Waals surface area (Å²) < 4.78 is 0. The number of carbonyl (C=O) groups is 1. The van der Waals surface area contributed by atoms with Crippen molar-refractivity contribution in [3.63, 3.8) is 0 Å². The molecule has 102 valence electrons. The Morgan fingerprint density at radius 3 is 2.37 bits per heavy atom. The van der Waals surface area contributed by atoms with Gasteiger partial charge in [-0.1, -0.05) is 12.1 Å². The van der Waals surface area contributed by atoms with Gasteiger partial charge >= 0.3 is 0 Å². The van der Waals surface area contributed by atoms with E-state index in [1.807, 2.05) is 6.07 Å². The number of para-hydroxylation sites is 1. The van der Waals surface area contributed by atoms with E-state index in [-0.39, 0.29) is 23.5 Å². The Balaban J connectivity index is 2.00. The van der Waals surface area contributed by atoms with E-state index in [1.165, 1.54) is 0 Å². The number of benzene rings is 1. The number of nitrogens with one attached hydrogen (secondary N) is 2. The van der Waals surface area contributed by atoms with Gasteiger partial charge in [-0.3, -0.25) is 10.2 Å². The van der Waals surface area contributed by atoms with Crippen LogP contribution in [0.4, 0.5) is 0 Å². The highest BCUT2D eigenvalue weighted by atomic mass is 16.3. The topological polar surface area (TPSA) is 99.2 Å². The van der Waals surface area contributed by atoms with Crippen molar-refractivity contribution in [3.8, 4) is 5.75 Å². The van der Waals surface area contributed by atoms with Gasteiger partial charge in [-0.2, -0.15) is 0 Å². The van der Waals surface area contributed by atoms with E-state index in [2.05, 4.69) is 5.43 Å². The molecule has 1 aromatic carbocycles. The average molecular weight is 261 g/mol. The first-order chi connectivity index (χ1) is 9.13. The van der Waals surface area contributed by atoms with Crippen LogP contribution in [0.15, 0.2) is 24.3 Å². The number of carbonyl (C=O) groups excluding carboxylic acids is 1. The first-order valence-electron chi connectivity index (χ1n) is 6.50. The molecule has 2 rings (SSSR count). The predicted molar refractivity (Wildman–Crippen MR) is 72.7 cm³/mol. The highest BCUT2D eigenvalue weighted by Crippen LogP contribution is 2.32. The number of hydrogen-bond acceptors (Lipinski definition) is 4. The molecule has 5 N–H and O–H groups in total. The first kappa shape index (κ1) is 13.5. The maximum absolute atomic E-state index is 11.4. The Morgan fingerprint density at radius 1 is 1.21 bits per heavy atom. The second-order valence-electron chi connectivity index (χ2n) is 4.99. The standard InChI is InChI=1S/C14H19N3O2/c15-13(11-3-1-2-4-12(11)18)9-5-7-10(8-6-9)14(19)17-16/h1-4,9-10,15,18H,5-8,16H2,(H,17,19)/t9-,10-. The highest BCUT2D eigenvalue weighted by molar-refractivity contribution is 6.02. The third-order valence-electron chi connectivity index (χ3n) is 3.84. The fourth-order valence-electron chi connectivity index (χ4n) is 2.68. The summed E-state index contributed by atoms with van der Waals surface area (Å²) in [5.74, 6) is 5.23.